The molecule has 0 radical (unpaired) electrons. The lowest BCUT2D eigenvalue weighted by molar-refractivity contribution is 0.796. The van der Waals surface area contributed by atoms with E-state index in [1.165, 1.54) is 0 Å². The van der Waals surface area contributed by atoms with Gasteiger partial charge in [-0.1, -0.05) is 21.1 Å². The molecule has 0 saturated carbocycles. The van der Waals surface area contributed by atoms with Gasteiger partial charge in [0.15, 0.2) is 0 Å². The lowest BCUT2D eigenvalue weighted by Crippen LogP contribution is -1.95. The first-order chi connectivity index (χ1) is 6.79. The molecule has 1 aromatic carbocycles. The maximum atomic E-state index is 5.44. The lowest BCUT2D eigenvalue weighted by Gasteiger charge is -1.98. The van der Waals surface area contributed by atoms with E-state index in [1.54, 1.807) is 4.68 Å². The second-order valence-corrected chi connectivity index (χ2v) is 3.75. The molecule has 0 fully saturated rings. The van der Waals surface area contributed by atoms with Crippen molar-refractivity contribution in [2.24, 2.45) is 5.73 Å². The minimum absolute atomic E-state index is 0.413. The van der Waals surface area contributed by atoms with Gasteiger partial charge in [-0.25, -0.2) is 4.68 Å². The summed E-state index contributed by atoms with van der Waals surface area (Å²) in [5.41, 5.74) is 7.20. The zero-order valence-electron chi connectivity index (χ0n) is 7.39. The van der Waals surface area contributed by atoms with Gasteiger partial charge >= 0.3 is 0 Å². The van der Waals surface area contributed by atoms with Crippen LogP contribution in [0.15, 0.2) is 34.9 Å². The molecule has 0 atom stereocenters. The maximum absolute atomic E-state index is 5.44. The number of hydrogen-bond donors (Lipinski definition) is 1. The smallest absolute Gasteiger partial charge is 0.0967 e. The fourth-order valence-corrected chi connectivity index (χ4v) is 1.38. The summed E-state index contributed by atoms with van der Waals surface area (Å²) in [4.78, 5) is 0. The van der Waals surface area contributed by atoms with E-state index in [0.29, 0.717) is 6.54 Å². The van der Waals surface area contributed by atoms with Crippen LogP contribution in [0.3, 0.4) is 0 Å². The molecule has 1 aromatic heterocycles. The second-order valence-electron chi connectivity index (χ2n) is 2.83. The number of halogens is 1. The highest BCUT2D eigenvalue weighted by Crippen LogP contribution is 2.13. The molecule has 0 aliphatic carbocycles. The number of hydrogen-bond acceptors (Lipinski definition) is 3. The molecule has 1 heterocycles. The summed E-state index contributed by atoms with van der Waals surface area (Å²) >= 11 is 3.37. The monoisotopic (exact) mass is 252 g/mol. The van der Waals surface area contributed by atoms with Gasteiger partial charge in [0, 0.05) is 11.0 Å². The van der Waals surface area contributed by atoms with Gasteiger partial charge in [0.05, 0.1) is 17.6 Å². The average Bonchev–Trinajstić information content (AvgIpc) is 2.67. The number of nitrogens with zero attached hydrogens (tertiary/aromatic N) is 3. The first-order valence-electron chi connectivity index (χ1n) is 4.17. The molecule has 0 aliphatic rings. The van der Waals surface area contributed by atoms with Gasteiger partial charge in [0.2, 0.25) is 0 Å². The number of rotatable bonds is 2. The summed E-state index contributed by atoms with van der Waals surface area (Å²) in [5, 5.41) is 7.87. The Bertz CT molecular complexity index is 421. The molecule has 2 rings (SSSR count). The Labute approximate surface area is 89.9 Å². The first kappa shape index (κ1) is 9.36. The maximum Gasteiger partial charge on any atom is 0.0967 e. The van der Waals surface area contributed by atoms with Crippen LogP contribution in [0.2, 0.25) is 0 Å². The summed E-state index contributed by atoms with van der Waals surface area (Å²) in [7, 11) is 0. The van der Waals surface area contributed by atoms with Gasteiger partial charge in [-0.3, -0.25) is 0 Å². The Morgan fingerprint density at radius 2 is 2.00 bits per heavy atom. The van der Waals surface area contributed by atoms with Crippen LogP contribution in [-0.4, -0.2) is 15.0 Å². The number of benzene rings is 1. The Balaban J connectivity index is 2.34. The number of nitrogens with two attached hydrogens (primary N) is 1. The van der Waals surface area contributed by atoms with Crippen LogP contribution >= 0.6 is 15.9 Å². The van der Waals surface area contributed by atoms with Gasteiger partial charge in [0.25, 0.3) is 0 Å². The minimum atomic E-state index is 0.413. The molecule has 0 aliphatic heterocycles. The van der Waals surface area contributed by atoms with Gasteiger partial charge < -0.3 is 5.73 Å². The van der Waals surface area contributed by atoms with Crippen LogP contribution in [-0.2, 0) is 6.54 Å². The Morgan fingerprint density at radius 1 is 1.29 bits per heavy atom. The van der Waals surface area contributed by atoms with Crippen LogP contribution in [0, 0.1) is 0 Å². The fraction of sp³-hybridized carbons (Fsp3) is 0.111. The molecule has 72 valence electrons. The molecule has 0 saturated heterocycles. The fourth-order valence-electron chi connectivity index (χ4n) is 1.11. The largest absolute Gasteiger partial charge is 0.325 e. The molecule has 14 heavy (non-hydrogen) atoms. The molecule has 5 heteroatoms. The van der Waals surface area contributed by atoms with E-state index in [-0.39, 0.29) is 0 Å². The molecule has 2 N–H and O–H groups in total. The van der Waals surface area contributed by atoms with Gasteiger partial charge in [-0.15, -0.1) is 5.10 Å². The van der Waals surface area contributed by atoms with Crippen LogP contribution in [0.5, 0.6) is 0 Å². The van der Waals surface area contributed by atoms with Crippen molar-refractivity contribution >= 4 is 15.9 Å². The highest BCUT2D eigenvalue weighted by molar-refractivity contribution is 9.10. The molecule has 0 unspecified atom stereocenters. The third-order valence-electron chi connectivity index (χ3n) is 1.84. The van der Waals surface area contributed by atoms with E-state index in [2.05, 4.69) is 26.2 Å². The topological polar surface area (TPSA) is 56.7 Å². The predicted molar refractivity (Wildman–Crippen MR) is 57.0 cm³/mol. The van der Waals surface area contributed by atoms with Gasteiger partial charge in [0.1, 0.15) is 0 Å². The first-order valence-corrected chi connectivity index (χ1v) is 4.96. The van der Waals surface area contributed by atoms with Crippen molar-refractivity contribution in [2.75, 3.05) is 0 Å². The standard InChI is InChI=1S/C9H9BrN4/c10-7-1-3-9(4-2-7)14-6-8(5-11)12-13-14/h1-4,6H,5,11H2. The zero-order valence-corrected chi connectivity index (χ0v) is 8.98. The van der Waals surface area contributed by atoms with E-state index in [4.69, 9.17) is 5.73 Å². The Kier molecular flexibility index (Phi) is 2.60. The normalized spacial score (nSPS) is 10.4. The molecule has 0 bridgehead atoms. The van der Waals surface area contributed by atoms with Crippen molar-refractivity contribution in [1.29, 1.82) is 0 Å². The molecule has 0 amide bonds. The Hall–Kier alpha value is -1.20. The summed E-state index contributed by atoms with van der Waals surface area (Å²) < 4.78 is 2.75. The van der Waals surface area contributed by atoms with E-state index < -0.39 is 0 Å². The van der Waals surface area contributed by atoms with Crippen LogP contribution in [0.1, 0.15) is 5.69 Å². The predicted octanol–water partition coefficient (Wildman–Crippen LogP) is 1.49. The second kappa shape index (κ2) is 3.89. The van der Waals surface area contributed by atoms with E-state index in [9.17, 15) is 0 Å². The zero-order chi connectivity index (χ0) is 9.97. The third-order valence-corrected chi connectivity index (χ3v) is 2.37. The quantitative estimate of drug-likeness (QED) is 0.882. The SMILES string of the molecule is NCc1cn(-c2ccc(Br)cc2)nn1. The average molecular weight is 253 g/mol. The van der Waals surface area contributed by atoms with Gasteiger partial charge in [-0.05, 0) is 24.3 Å². The molecule has 4 nitrogen and oxygen atoms in total. The molecule has 0 spiro atoms. The minimum Gasteiger partial charge on any atom is -0.325 e. The van der Waals surface area contributed by atoms with Crippen molar-refractivity contribution in [3.05, 3.63) is 40.6 Å². The van der Waals surface area contributed by atoms with Gasteiger partial charge in [-0.2, -0.15) is 0 Å². The van der Waals surface area contributed by atoms with Crippen molar-refractivity contribution in [3.8, 4) is 5.69 Å². The molecule has 2 aromatic rings. The van der Waals surface area contributed by atoms with E-state index >= 15 is 0 Å². The molecular weight excluding hydrogens is 244 g/mol. The van der Waals surface area contributed by atoms with E-state index in [0.717, 1.165) is 15.9 Å². The van der Waals surface area contributed by atoms with Crippen LogP contribution in [0.4, 0.5) is 0 Å². The Morgan fingerprint density at radius 3 is 2.57 bits per heavy atom. The third kappa shape index (κ3) is 1.83. The lowest BCUT2D eigenvalue weighted by atomic mass is 10.3. The summed E-state index contributed by atoms with van der Waals surface area (Å²) in [6.45, 7) is 0.413. The van der Waals surface area contributed by atoms with Crippen LogP contribution < -0.4 is 5.73 Å². The number of aromatic nitrogens is 3. The highest BCUT2D eigenvalue weighted by atomic mass is 79.9. The van der Waals surface area contributed by atoms with E-state index in [1.807, 2.05) is 30.5 Å². The van der Waals surface area contributed by atoms with Crippen molar-refractivity contribution in [1.82, 2.24) is 15.0 Å². The van der Waals surface area contributed by atoms with Crippen LogP contribution in [0.25, 0.3) is 5.69 Å². The van der Waals surface area contributed by atoms with Crippen molar-refractivity contribution in [2.45, 2.75) is 6.54 Å². The molecular formula is C9H9BrN4. The summed E-state index contributed by atoms with van der Waals surface area (Å²) in [5.74, 6) is 0. The summed E-state index contributed by atoms with van der Waals surface area (Å²) in [6, 6.07) is 7.83. The highest BCUT2D eigenvalue weighted by Gasteiger charge is 2.00. The van der Waals surface area contributed by atoms with Crippen molar-refractivity contribution < 1.29 is 0 Å². The summed E-state index contributed by atoms with van der Waals surface area (Å²) in [6.07, 6.45) is 1.82. The van der Waals surface area contributed by atoms with Crippen molar-refractivity contribution in [3.63, 3.8) is 0 Å².